The molecule has 0 spiro atoms. The summed E-state index contributed by atoms with van der Waals surface area (Å²) in [5.41, 5.74) is 1.65. The van der Waals surface area contributed by atoms with Gasteiger partial charge in [-0.15, -0.1) is 0 Å². The smallest absolute Gasteiger partial charge is 0.253 e. The molecule has 140 valence electrons. The molecule has 3 rings (SSSR count). The van der Waals surface area contributed by atoms with Crippen LogP contribution >= 0.6 is 0 Å². The molecule has 2 amide bonds. The Morgan fingerprint density at radius 1 is 1.42 bits per heavy atom. The van der Waals surface area contributed by atoms with E-state index in [1.807, 2.05) is 30.7 Å². The second kappa shape index (κ2) is 7.82. The van der Waals surface area contributed by atoms with Gasteiger partial charge in [0.25, 0.3) is 5.91 Å². The Balaban J connectivity index is 1.60. The fourth-order valence-electron chi connectivity index (χ4n) is 3.10. The predicted molar refractivity (Wildman–Crippen MR) is 96.5 cm³/mol. The van der Waals surface area contributed by atoms with Gasteiger partial charge < -0.3 is 19.1 Å². The van der Waals surface area contributed by atoms with Crippen molar-refractivity contribution in [2.24, 2.45) is 7.05 Å². The first-order valence-electron chi connectivity index (χ1n) is 8.92. The lowest BCUT2D eigenvalue weighted by molar-refractivity contribution is -0.153. The Bertz CT molecular complexity index is 803. The normalized spacial score (nSPS) is 17.5. The molecule has 1 saturated heterocycles. The van der Waals surface area contributed by atoms with Gasteiger partial charge in [0, 0.05) is 46.2 Å². The van der Waals surface area contributed by atoms with Crippen LogP contribution in [0.25, 0.3) is 11.2 Å². The largest absolute Gasteiger partial charge is 0.365 e. The molecule has 0 saturated carbocycles. The first-order chi connectivity index (χ1) is 12.5. The fraction of sp³-hybridized carbons (Fsp3) is 0.556. The maximum Gasteiger partial charge on any atom is 0.253 e. The number of amides is 2. The van der Waals surface area contributed by atoms with Gasteiger partial charge in [-0.1, -0.05) is 0 Å². The van der Waals surface area contributed by atoms with Gasteiger partial charge in [-0.2, -0.15) is 0 Å². The SMILES string of the molecule is CCN(C)C(=O)C1CN(C(=O)CCc2nc3cccnc3n2C)CCO1. The molecule has 0 N–H and O–H groups in total. The van der Waals surface area contributed by atoms with Gasteiger partial charge in [-0.05, 0) is 19.1 Å². The number of hydrogen-bond acceptors (Lipinski definition) is 5. The summed E-state index contributed by atoms with van der Waals surface area (Å²) in [7, 11) is 3.65. The number of pyridine rings is 1. The molecule has 3 heterocycles. The lowest BCUT2D eigenvalue weighted by atomic mass is 10.2. The zero-order valence-electron chi connectivity index (χ0n) is 15.5. The third kappa shape index (κ3) is 3.70. The summed E-state index contributed by atoms with van der Waals surface area (Å²) in [4.78, 5) is 37.1. The quantitative estimate of drug-likeness (QED) is 0.781. The van der Waals surface area contributed by atoms with E-state index in [9.17, 15) is 9.59 Å². The Morgan fingerprint density at radius 2 is 2.23 bits per heavy atom. The van der Waals surface area contributed by atoms with Crippen LogP contribution in [0, 0.1) is 0 Å². The van der Waals surface area contributed by atoms with E-state index in [0.717, 1.165) is 17.0 Å². The molecular formula is C18H25N5O3. The van der Waals surface area contributed by atoms with Crippen molar-refractivity contribution < 1.29 is 14.3 Å². The van der Waals surface area contributed by atoms with Crippen molar-refractivity contribution in [3.05, 3.63) is 24.2 Å². The summed E-state index contributed by atoms with van der Waals surface area (Å²) in [6.07, 6.45) is 2.05. The van der Waals surface area contributed by atoms with E-state index >= 15 is 0 Å². The number of carbonyl (C=O) groups excluding carboxylic acids is 2. The first kappa shape index (κ1) is 18.3. The molecule has 0 aliphatic carbocycles. The Hall–Kier alpha value is -2.48. The number of aryl methyl sites for hydroxylation is 2. The highest BCUT2D eigenvalue weighted by Gasteiger charge is 2.30. The minimum Gasteiger partial charge on any atom is -0.365 e. The lowest BCUT2D eigenvalue weighted by Crippen LogP contribution is -2.51. The van der Waals surface area contributed by atoms with Crippen molar-refractivity contribution in [3.8, 4) is 0 Å². The number of carbonyl (C=O) groups is 2. The zero-order chi connectivity index (χ0) is 18.7. The van der Waals surface area contributed by atoms with Gasteiger partial charge in [0.05, 0.1) is 13.2 Å². The molecule has 0 radical (unpaired) electrons. The molecule has 1 aliphatic rings. The summed E-state index contributed by atoms with van der Waals surface area (Å²) in [6, 6.07) is 3.76. The van der Waals surface area contributed by atoms with E-state index in [1.165, 1.54) is 0 Å². The summed E-state index contributed by atoms with van der Waals surface area (Å²) in [5.74, 6) is 0.773. The summed E-state index contributed by atoms with van der Waals surface area (Å²) in [5, 5.41) is 0. The standard InChI is InChI=1S/C18H25N5O3/c1-4-21(2)18(25)14-12-23(10-11-26-14)16(24)8-7-15-20-13-6-5-9-19-17(13)22(15)3/h5-6,9,14H,4,7-8,10-12H2,1-3H3. The maximum atomic E-state index is 12.6. The van der Waals surface area contributed by atoms with Crippen molar-refractivity contribution in [2.75, 3.05) is 33.3 Å². The number of morpholine rings is 1. The molecule has 2 aromatic heterocycles. The summed E-state index contributed by atoms with van der Waals surface area (Å²) < 4.78 is 7.48. The molecular weight excluding hydrogens is 334 g/mol. The van der Waals surface area contributed by atoms with Gasteiger partial charge >= 0.3 is 0 Å². The third-order valence-electron chi connectivity index (χ3n) is 4.83. The zero-order valence-corrected chi connectivity index (χ0v) is 15.5. The van der Waals surface area contributed by atoms with Crippen LogP contribution in [0.3, 0.4) is 0 Å². The number of rotatable bonds is 5. The minimum absolute atomic E-state index is 0.0188. The van der Waals surface area contributed by atoms with Gasteiger partial charge in [0.2, 0.25) is 5.91 Å². The highest BCUT2D eigenvalue weighted by molar-refractivity contribution is 5.83. The highest BCUT2D eigenvalue weighted by atomic mass is 16.5. The predicted octanol–water partition coefficient (Wildman–Crippen LogP) is 0.607. The van der Waals surface area contributed by atoms with Crippen LogP contribution in [0.1, 0.15) is 19.2 Å². The van der Waals surface area contributed by atoms with Crippen LogP contribution in [-0.4, -0.2) is 75.5 Å². The molecule has 1 atom stereocenters. The molecule has 1 fully saturated rings. The van der Waals surface area contributed by atoms with Crippen molar-refractivity contribution in [2.45, 2.75) is 25.9 Å². The van der Waals surface area contributed by atoms with Crippen LogP contribution in [0.4, 0.5) is 0 Å². The molecule has 1 aliphatic heterocycles. The van der Waals surface area contributed by atoms with Crippen LogP contribution in [-0.2, 0) is 27.8 Å². The molecule has 1 unspecified atom stereocenters. The van der Waals surface area contributed by atoms with Gasteiger partial charge in [-0.25, -0.2) is 9.97 Å². The summed E-state index contributed by atoms with van der Waals surface area (Å²) in [6.45, 7) is 3.74. The average molecular weight is 359 g/mol. The highest BCUT2D eigenvalue weighted by Crippen LogP contribution is 2.14. The van der Waals surface area contributed by atoms with Crippen molar-refractivity contribution in [3.63, 3.8) is 0 Å². The Labute approximate surface area is 152 Å². The number of nitrogens with zero attached hydrogens (tertiary/aromatic N) is 5. The van der Waals surface area contributed by atoms with Crippen molar-refractivity contribution in [1.82, 2.24) is 24.3 Å². The first-order valence-corrected chi connectivity index (χ1v) is 8.92. The third-order valence-corrected chi connectivity index (χ3v) is 4.83. The monoisotopic (exact) mass is 359 g/mol. The summed E-state index contributed by atoms with van der Waals surface area (Å²) >= 11 is 0. The van der Waals surface area contributed by atoms with E-state index in [-0.39, 0.29) is 11.8 Å². The second-order valence-electron chi connectivity index (χ2n) is 6.48. The van der Waals surface area contributed by atoms with Gasteiger partial charge in [-0.3, -0.25) is 9.59 Å². The number of hydrogen-bond donors (Lipinski definition) is 0. The molecule has 8 nitrogen and oxygen atoms in total. The fourth-order valence-corrected chi connectivity index (χ4v) is 3.10. The van der Waals surface area contributed by atoms with E-state index in [0.29, 0.717) is 39.1 Å². The number of ether oxygens (including phenoxy) is 1. The number of fused-ring (bicyclic) bond motifs is 1. The van der Waals surface area contributed by atoms with E-state index in [2.05, 4.69) is 9.97 Å². The second-order valence-corrected chi connectivity index (χ2v) is 6.48. The molecule has 2 aromatic rings. The van der Waals surface area contributed by atoms with Gasteiger partial charge in [0.1, 0.15) is 11.3 Å². The molecule has 0 bridgehead atoms. The molecule has 26 heavy (non-hydrogen) atoms. The molecule has 8 heteroatoms. The van der Waals surface area contributed by atoms with E-state index < -0.39 is 6.10 Å². The number of imidazole rings is 1. The number of aromatic nitrogens is 3. The maximum absolute atomic E-state index is 12.6. The van der Waals surface area contributed by atoms with Crippen molar-refractivity contribution in [1.29, 1.82) is 0 Å². The van der Waals surface area contributed by atoms with Crippen LogP contribution in [0.5, 0.6) is 0 Å². The van der Waals surface area contributed by atoms with Crippen LogP contribution in [0.15, 0.2) is 18.3 Å². The topological polar surface area (TPSA) is 80.6 Å². The molecule has 0 aromatic carbocycles. The minimum atomic E-state index is -0.572. The lowest BCUT2D eigenvalue weighted by Gasteiger charge is -2.33. The van der Waals surface area contributed by atoms with Gasteiger partial charge in [0.15, 0.2) is 11.8 Å². The Kier molecular flexibility index (Phi) is 5.51. The van der Waals surface area contributed by atoms with Crippen LogP contribution in [0.2, 0.25) is 0 Å². The van der Waals surface area contributed by atoms with E-state index in [1.54, 1.807) is 23.0 Å². The average Bonchev–Trinajstić information content (AvgIpc) is 3.01. The van der Waals surface area contributed by atoms with Crippen molar-refractivity contribution >= 4 is 23.0 Å². The van der Waals surface area contributed by atoms with E-state index in [4.69, 9.17) is 4.74 Å². The number of likely N-dealkylation sites (N-methyl/N-ethyl adjacent to an activating group) is 1. The van der Waals surface area contributed by atoms with Crippen LogP contribution < -0.4 is 0 Å². The Morgan fingerprint density at radius 3 is 2.96 bits per heavy atom.